The second-order valence-corrected chi connectivity index (χ2v) is 11.1. The number of carbonyl (C=O) groups is 10. The Bertz CT molecular complexity index is 1630. The Kier molecular flexibility index (Phi) is 32.5. The summed E-state index contributed by atoms with van der Waals surface area (Å²) < 4.78 is 104. The number of esters is 10. The van der Waals surface area contributed by atoms with Gasteiger partial charge in [-0.25, -0.2) is 19.2 Å². The summed E-state index contributed by atoms with van der Waals surface area (Å²) in [4.78, 5) is 111. The van der Waals surface area contributed by atoms with Crippen LogP contribution in [-0.4, -0.2) is 147 Å². The van der Waals surface area contributed by atoms with E-state index in [0.29, 0.717) is 0 Å². The van der Waals surface area contributed by atoms with E-state index in [1.54, 1.807) is 27.7 Å². The van der Waals surface area contributed by atoms with Crippen molar-refractivity contribution < 1.29 is 116 Å². The van der Waals surface area contributed by atoms with Crippen LogP contribution in [-0.2, 0) is 95.3 Å². The zero-order chi connectivity index (χ0) is 55.5. The molecule has 2 N–H and O–H groups in total. The fraction of sp³-hybridized carbons (Fsp3) is 0.750. The lowest BCUT2D eigenvalue weighted by Crippen LogP contribution is -2.26. The van der Waals surface area contributed by atoms with Gasteiger partial charge < -0.3 is 57.6 Å². The van der Waals surface area contributed by atoms with Crippen LogP contribution in [0, 0.1) is 0 Å². The van der Waals surface area contributed by atoms with E-state index in [9.17, 15) is 47.9 Å². The minimum absolute atomic E-state index is 0.00558. The van der Waals surface area contributed by atoms with Gasteiger partial charge in [-0.05, 0) is 81.1 Å². The van der Waals surface area contributed by atoms with Crippen LogP contribution >= 0.6 is 0 Å². The highest BCUT2D eigenvalue weighted by molar-refractivity contribution is 5.80. The molecule has 0 aliphatic carbocycles. The molecule has 0 saturated carbocycles. The van der Waals surface area contributed by atoms with Crippen LogP contribution in [0.2, 0.25) is 0 Å². The van der Waals surface area contributed by atoms with Crippen LogP contribution in [0.3, 0.4) is 0 Å². The molecule has 0 fully saturated rings. The topological polar surface area (TPSA) is 303 Å². The van der Waals surface area contributed by atoms with E-state index in [-0.39, 0.29) is 52.1 Å². The van der Waals surface area contributed by atoms with E-state index in [0.717, 1.165) is 6.92 Å². The molecular formula is C40H68O22. The van der Waals surface area contributed by atoms with E-state index in [2.05, 4.69) is 37.9 Å². The summed E-state index contributed by atoms with van der Waals surface area (Å²) in [5.74, 6) is -8.00. The molecule has 0 rings (SSSR count). The summed E-state index contributed by atoms with van der Waals surface area (Å²) in [6, 6.07) is 0. The smallest absolute Gasteiger partial charge is 0.347 e. The van der Waals surface area contributed by atoms with Crippen molar-refractivity contribution in [2.45, 2.75) is 145 Å². The lowest BCUT2D eigenvalue weighted by atomic mass is 10.3. The van der Waals surface area contributed by atoms with E-state index in [1.165, 1.54) is 34.6 Å². The summed E-state index contributed by atoms with van der Waals surface area (Å²) in [5, 5.41) is 17.3. The predicted molar refractivity (Wildman–Crippen MR) is 213 cm³/mol. The number of ether oxygens (including phenoxy) is 10. The van der Waals surface area contributed by atoms with Gasteiger partial charge in [0.15, 0.2) is 24.4 Å². The monoisotopic (exact) mass is 908 g/mol. The van der Waals surface area contributed by atoms with E-state index >= 15 is 0 Å². The zero-order valence-electron chi connectivity index (χ0n) is 44.7. The van der Waals surface area contributed by atoms with Gasteiger partial charge in [-0.2, -0.15) is 0 Å². The highest BCUT2D eigenvalue weighted by atomic mass is 16.6. The minimum Gasteiger partial charge on any atom is -0.466 e. The Hall–Kier alpha value is -5.38. The number of rotatable bonds is 26. The van der Waals surface area contributed by atoms with Crippen LogP contribution < -0.4 is 0 Å². The molecule has 0 unspecified atom stereocenters. The van der Waals surface area contributed by atoms with Crippen LogP contribution in [0.15, 0.2) is 0 Å². The number of hydrogen-bond acceptors (Lipinski definition) is 22. The van der Waals surface area contributed by atoms with Crippen molar-refractivity contribution in [3.05, 3.63) is 0 Å². The quantitative estimate of drug-likeness (QED) is 0.0928. The van der Waals surface area contributed by atoms with Crippen molar-refractivity contribution >= 4 is 59.7 Å². The maximum atomic E-state index is 11.6. The number of aliphatic hydroxyl groups excluding tert-OH is 2. The third-order valence-corrected chi connectivity index (χ3v) is 5.77. The van der Waals surface area contributed by atoms with Gasteiger partial charge in [0.05, 0.1) is 45.1 Å². The lowest BCUT2D eigenvalue weighted by Gasteiger charge is -2.11. The molecule has 0 aromatic rings. The largest absolute Gasteiger partial charge is 0.466 e. The fourth-order valence-corrected chi connectivity index (χ4v) is 3.10. The van der Waals surface area contributed by atoms with Gasteiger partial charge >= 0.3 is 59.7 Å². The fourth-order valence-electron chi connectivity index (χ4n) is 3.10. The van der Waals surface area contributed by atoms with E-state index in [4.69, 9.17) is 30.7 Å². The van der Waals surface area contributed by atoms with E-state index in [1.807, 2.05) is 0 Å². The summed E-state index contributed by atoms with van der Waals surface area (Å²) >= 11 is 0. The summed E-state index contributed by atoms with van der Waals surface area (Å²) in [6.45, 7) is 9.04. The first kappa shape index (κ1) is 47.7. The molecule has 0 saturated heterocycles. The summed E-state index contributed by atoms with van der Waals surface area (Å²) in [5.41, 5.74) is 0. The van der Waals surface area contributed by atoms with E-state index < -0.39 is 136 Å². The minimum atomic E-state index is -2.55. The molecular weight excluding hydrogens is 832 g/mol. The second kappa shape index (κ2) is 42.3. The highest BCUT2D eigenvalue weighted by Crippen LogP contribution is 2.03. The molecule has 62 heavy (non-hydrogen) atoms. The lowest BCUT2D eigenvalue weighted by molar-refractivity contribution is -0.166. The normalized spacial score (nSPS) is 16.1. The molecule has 0 amide bonds. The second-order valence-electron chi connectivity index (χ2n) is 11.1. The Morgan fingerprint density at radius 2 is 0.694 bits per heavy atom. The molecule has 0 aliphatic heterocycles. The van der Waals surface area contributed by atoms with Gasteiger partial charge in [0.1, 0.15) is 0 Å². The Morgan fingerprint density at radius 1 is 0.419 bits per heavy atom. The molecule has 0 aliphatic rings. The van der Waals surface area contributed by atoms with Crippen molar-refractivity contribution in [3.63, 3.8) is 0 Å². The average molecular weight is 909 g/mol. The molecule has 22 nitrogen and oxygen atoms in total. The summed E-state index contributed by atoms with van der Waals surface area (Å²) in [6.07, 6.45) is -11.1. The van der Waals surface area contributed by atoms with Crippen LogP contribution in [0.5, 0.6) is 0 Å². The van der Waals surface area contributed by atoms with Gasteiger partial charge in [-0.15, -0.1) is 0 Å². The molecule has 0 aromatic carbocycles. The van der Waals surface area contributed by atoms with Crippen LogP contribution in [0.4, 0.5) is 0 Å². The number of hydrogen-bond donors (Lipinski definition) is 2. The summed E-state index contributed by atoms with van der Waals surface area (Å²) in [7, 11) is 0. The average Bonchev–Trinajstić information content (AvgIpc) is 3.21. The van der Waals surface area contributed by atoms with Gasteiger partial charge in [0.25, 0.3) is 0 Å². The van der Waals surface area contributed by atoms with Crippen molar-refractivity contribution in [2.75, 3.05) is 52.8 Å². The Balaban J connectivity index is -0.000000417. The first-order valence-electron chi connectivity index (χ1n) is 23.3. The SMILES string of the molecule is [2H][C@@H](O)CC([2H])([2H])C(=O)O[C@@H](C)C(=O)OCC.[2H][C@@H](O)CCC(=O)O[C@@H](C)C(=O)OCC.[2H][C@H](CC([2H])([2H])C(=O)O[C@@H](C)C(=O)OCC)OC(C)=O.[2H][C@H](CCC(=O)O[C@@H](C)C(=O)OCC)OC(C)=O. The van der Waals surface area contributed by atoms with Crippen LogP contribution in [0.1, 0.15) is 131 Å². The number of carbonyl (C=O) groups excluding carboxylic acids is 10. The third-order valence-electron chi connectivity index (χ3n) is 5.77. The highest BCUT2D eigenvalue weighted by Gasteiger charge is 2.21. The van der Waals surface area contributed by atoms with Gasteiger partial charge in [0.2, 0.25) is 0 Å². The molecule has 0 bridgehead atoms. The standard InChI is InChI=1S/2C11H18O6.2C9H16O5/c2*1-4-15-11(14)8(2)17-10(13)6-5-7-16-9(3)12;2*1-3-13-9(12)7(2)14-8(11)5-4-6-10/h2*8H,4-7H2,1-3H3;2*7,10H,3-6H2,1-2H3/t2*8-;2*7-/m0000/s1/i6D2,7D;7D;5D2,6D;6D/t2*7-,8+;2*6-,7+/m1111. The van der Waals surface area contributed by atoms with Crippen molar-refractivity contribution in [3.8, 4) is 0 Å². The molecule has 8 atom stereocenters. The molecule has 0 spiro atoms. The zero-order valence-corrected chi connectivity index (χ0v) is 36.7. The van der Waals surface area contributed by atoms with Crippen LogP contribution in [0.25, 0.3) is 0 Å². The molecule has 22 heteroatoms. The van der Waals surface area contributed by atoms with Crippen molar-refractivity contribution in [2.24, 2.45) is 0 Å². The predicted octanol–water partition coefficient (Wildman–Crippen LogP) is 2.16. The van der Waals surface area contributed by atoms with Crippen molar-refractivity contribution in [1.82, 2.24) is 0 Å². The third kappa shape index (κ3) is 42.7. The first-order chi connectivity index (χ1) is 32.1. The molecule has 0 heterocycles. The maximum Gasteiger partial charge on any atom is 0.347 e. The molecule has 0 aromatic heterocycles. The van der Waals surface area contributed by atoms with Crippen molar-refractivity contribution in [1.29, 1.82) is 0 Å². The molecule has 360 valence electrons. The maximum absolute atomic E-state index is 11.6. The van der Waals surface area contributed by atoms with Gasteiger partial charge in [0, 0.05) is 58.1 Å². The first-order valence-corrected chi connectivity index (χ1v) is 19.0. The number of aliphatic hydroxyl groups is 2. The Labute approximate surface area is 374 Å². The Morgan fingerprint density at radius 3 is 0.984 bits per heavy atom. The molecule has 0 radical (unpaired) electrons. The van der Waals surface area contributed by atoms with Gasteiger partial charge in [-0.1, -0.05) is 0 Å². The van der Waals surface area contributed by atoms with Gasteiger partial charge in [-0.3, -0.25) is 28.8 Å².